The van der Waals surface area contributed by atoms with Gasteiger partial charge in [-0.1, -0.05) is 38.1 Å². The number of hydrogen-bond donors (Lipinski definition) is 2. The zero-order chi connectivity index (χ0) is 34.0. The molecule has 0 spiro atoms. The third kappa shape index (κ3) is 8.42. The van der Waals surface area contributed by atoms with Gasteiger partial charge in [0.05, 0.1) is 5.69 Å². The number of nitrogens with one attached hydrogen (secondary N) is 2. The van der Waals surface area contributed by atoms with Gasteiger partial charge in [0.2, 0.25) is 0 Å². The molecule has 10 nitrogen and oxygen atoms in total. The van der Waals surface area contributed by atoms with Gasteiger partial charge in [-0.2, -0.15) is 13.2 Å². The molecular formula is C32H38F4N6O4. The summed E-state index contributed by atoms with van der Waals surface area (Å²) in [4.78, 5) is 42.1. The number of carbonyl (C=O) groups is 3. The summed E-state index contributed by atoms with van der Waals surface area (Å²) in [7, 11) is 0. The summed E-state index contributed by atoms with van der Waals surface area (Å²) in [6, 6.07) is 11.1. The molecule has 0 saturated carbocycles. The maximum absolute atomic E-state index is 14.9. The van der Waals surface area contributed by atoms with Crippen molar-refractivity contribution in [3.05, 3.63) is 71.2 Å². The molecule has 4 amide bonds. The molecule has 4 rings (SSSR count). The largest absolute Gasteiger partial charge is 0.471 e. The lowest BCUT2D eigenvalue weighted by Crippen LogP contribution is -2.51. The zero-order valence-electron chi connectivity index (χ0n) is 26.6. The number of aromatic nitrogens is 1. The smallest absolute Gasteiger partial charge is 0.359 e. The highest BCUT2D eigenvalue weighted by Gasteiger charge is 2.46. The Morgan fingerprint density at radius 1 is 0.913 bits per heavy atom. The average molecular weight is 647 g/mol. The molecule has 1 aromatic heterocycles. The third-order valence-electron chi connectivity index (χ3n) is 7.31. The van der Waals surface area contributed by atoms with Crippen molar-refractivity contribution in [3.63, 3.8) is 0 Å². The summed E-state index contributed by atoms with van der Waals surface area (Å²) < 4.78 is 60.1. The Kier molecular flexibility index (Phi) is 9.81. The van der Waals surface area contributed by atoms with Gasteiger partial charge in [0.1, 0.15) is 11.6 Å². The molecule has 0 radical (unpaired) electrons. The summed E-state index contributed by atoms with van der Waals surface area (Å²) in [6.45, 7) is 12.4. The topological polar surface area (TPSA) is 111 Å². The van der Waals surface area contributed by atoms with E-state index in [0.29, 0.717) is 44.0 Å². The molecule has 1 fully saturated rings. The maximum atomic E-state index is 14.9. The van der Waals surface area contributed by atoms with Crippen LogP contribution in [-0.2, 0) is 16.8 Å². The fourth-order valence-electron chi connectivity index (χ4n) is 4.99. The van der Waals surface area contributed by atoms with Crippen molar-refractivity contribution in [1.29, 1.82) is 0 Å². The van der Waals surface area contributed by atoms with Crippen LogP contribution in [-0.4, -0.2) is 70.7 Å². The number of halogens is 4. The first-order valence-electron chi connectivity index (χ1n) is 14.7. The quantitative estimate of drug-likeness (QED) is 0.300. The van der Waals surface area contributed by atoms with Crippen molar-refractivity contribution >= 4 is 35.0 Å². The summed E-state index contributed by atoms with van der Waals surface area (Å²) >= 11 is 0. The molecule has 0 atom stereocenters. The van der Waals surface area contributed by atoms with Crippen molar-refractivity contribution in [2.45, 2.75) is 65.2 Å². The monoisotopic (exact) mass is 646 g/mol. The number of piperazine rings is 1. The molecule has 14 heteroatoms. The molecule has 1 aliphatic heterocycles. The predicted octanol–water partition coefficient (Wildman–Crippen LogP) is 6.41. The fraction of sp³-hybridized carbons (Fsp3) is 0.438. The normalized spacial score (nSPS) is 14.6. The number of rotatable bonds is 6. The minimum atomic E-state index is -5.02. The number of carbonyl (C=O) groups excluding carboxylic acids is 3. The minimum absolute atomic E-state index is 0.118. The molecule has 0 unspecified atom stereocenters. The van der Waals surface area contributed by atoms with E-state index in [1.165, 1.54) is 39.0 Å². The van der Waals surface area contributed by atoms with Gasteiger partial charge < -0.3 is 14.7 Å². The Morgan fingerprint density at radius 2 is 1.59 bits per heavy atom. The maximum Gasteiger partial charge on any atom is 0.471 e. The van der Waals surface area contributed by atoms with Crippen molar-refractivity contribution in [1.82, 2.24) is 15.0 Å². The van der Waals surface area contributed by atoms with Gasteiger partial charge in [-0.25, -0.2) is 9.18 Å². The lowest BCUT2D eigenvalue weighted by atomic mass is 9.93. The zero-order valence-corrected chi connectivity index (χ0v) is 26.6. The van der Waals surface area contributed by atoms with Crippen LogP contribution in [0.4, 0.5) is 39.5 Å². The molecule has 2 aromatic carbocycles. The first kappa shape index (κ1) is 34.4. The highest BCUT2D eigenvalue weighted by Crippen LogP contribution is 2.31. The van der Waals surface area contributed by atoms with Crippen molar-refractivity contribution in [3.8, 4) is 0 Å². The van der Waals surface area contributed by atoms with Gasteiger partial charge in [-0.3, -0.25) is 24.7 Å². The lowest BCUT2D eigenvalue weighted by molar-refractivity contribution is -0.171. The van der Waals surface area contributed by atoms with Crippen LogP contribution >= 0.6 is 0 Å². The van der Waals surface area contributed by atoms with Crippen LogP contribution in [0.15, 0.2) is 53.1 Å². The molecule has 46 heavy (non-hydrogen) atoms. The number of anilines is 3. The van der Waals surface area contributed by atoms with Crippen LogP contribution in [0.2, 0.25) is 0 Å². The van der Waals surface area contributed by atoms with Gasteiger partial charge in [-0.15, -0.1) is 0 Å². The van der Waals surface area contributed by atoms with Crippen LogP contribution in [0.25, 0.3) is 0 Å². The lowest BCUT2D eigenvalue weighted by Gasteiger charge is -2.37. The molecule has 1 aliphatic rings. The second-order valence-corrected chi connectivity index (χ2v) is 13.1. The van der Waals surface area contributed by atoms with Gasteiger partial charge >= 0.3 is 18.1 Å². The number of alkyl halides is 3. The van der Waals surface area contributed by atoms with Crippen LogP contribution in [0.5, 0.6) is 0 Å². The second kappa shape index (κ2) is 13.1. The van der Waals surface area contributed by atoms with E-state index < -0.39 is 29.5 Å². The van der Waals surface area contributed by atoms with Gasteiger partial charge in [0.25, 0.3) is 5.91 Å². The van der Waals surface area contributed by atoms with Crippen molar-refractivity contribution in [2.24, 2.45) is 0 Å². The fourth-order valence-corrected chi connectivity index (χ4v) is 4.99. The standard InChI is InChI=1S/C32H38F4N6O4/c1-30(2,3)25-18-26(39-46-25)38-29(45)37-24-11-10-21(17-23(24)33)27(43)41-14-12-40(13-15-41)19-20-8-7-9-22(16-20)42(31(4,5)6)28(44)32(34,35)36/h7-11,16-18H,12-15,19H2,1-6H3,(H2,37,38,39,45). The number of benzene rings is 2. The first-order chi connectivity index (χ1) is 21.3. The van der Waals surface area contributed by atoms with Crippen LogP contribution in [0, 0.1) is 5.82 Å². The van der Waals surface area contributed by atoms with Crippen LogP contribution in [0.3, 0.4) is 0 Å². The third-order valence-corrected chi connectivity index (χ3v) is 7.31. The molecule has 248 valence electrons. The average Bonchev–Trinajstić information content (AvgIpc) is 3.42. The highest BCUT2D eigenvalue weighted by molar-refractivity contribution is 6.00. The molecular weight excluding hydrogens is 608 g/mol. The van der Waals surface area contributed by atoms with E-state index in [1.54, 1.807) is 29.2 Å². The van der Waals surface area contributed by atoms with Crippen molar-refractivity contribution < 1.29 is 36.5 Å². The van der Waals surface area contributed by atoms with Crippen molar-refractivity contribution in [2.75, 3.05) is 41.7 Å². The van der Waals surface area contributed by atoms with E-state index >= 15 is 0 Å². The molecule has 3 aromatic rings. The van der Waals surface area contributed by atoms with E-state index in [4.69, 9.17) is 4.52 Å². The van der Waals surface area contributed by atoms with Gasteiger partial charge in [0.15, 0.2) is 5.82 Å². The Hall–Kier alpha value is -4.46. The van der Waals surface area contributed by atoms with Gasteiger partial charge in [0, 0.05) is 61.0 Å². The summed E-state index contributed by atoms with van der Waals surface area (Å²) in [5.41, 5.74) is -0.558. The number of nitrogens with zero attached hydrogens (tertiary/aromatic N) is 4. The van der Waals surface area contributed by atoms with E-state index in [1.807, 2.05) is 25.7 Å². The Labute approximate surface area is 264 Å². The number of amides is 4. The highest BCUT2D eigenvalue weighted by atomic mass is 19.4. The van der Waals surface area contributed by atoms with Crippen LogP contribution < -0.4 is 15.5 Å². The summed E-state index contributed by atoms with van der Waals surface area (Å²) in [6.07, 6.45) is -5.02. The SMILES string of the molecule is CC(C)(C)c1cc(NC(=O)Nc2ccc(C(=O)N3CCN(Cc4cccc(N(C(=O)C(F)(F)F)C(C)(C)C)c4)CC3)cc2F)no1. The van der Waals surface area contributed by atoms with E-state index in [2.05, 4.69) is 15.8 Å². The Morgan fingerprint density at radius 3 is 2.15 bits per heavy atom. The number of hydrogen-bond acceptors (Lipinski definition) is 6. The predicted molar refractivity (Wildman–Crippen MR) is 165 cm³/mol. The minimum Gasteiger partial charge on any atom is -0.359 e. The molecule has 0 bridgehead atoms. The second-order valence-electron chi connectivity index (χ2n) is 13.1. The van der Waals surface area contributed by atoms with Crippen LogP contribution in [0.1, 0.15) is 63.2 Å². The van der Waals surface area contributed by atoms with E-state index in [-0.39, 0.29) is 34.1 Å². The summed E-state index contributed by atoms with van der Waals surface area (Å²) in [5.74, 6) is -2.36. The summed E-state index contributed by atoms with van der Waals surface area (Å²) in [5, 5.41) is 8.67. The number of urea groups is 1. The molecule has 1 saturated heterocycles. The first-order valence-corrected chi connectivity index (χ1v) is 14.7. The Balaban J connectivity index is 1.33. The molecule has 2 heterocycles. The Bertz CT molecular complexity index is 1580. The van der Waals surface area contributed by atoms with Gasteiger partial charge in [-0.05, 0) is 56.7 Å². The molecule has 2 N–H and O–H groups in total. The van der Waals surface area contributed by atoms with E-state index in [9.17, 15) is 31.9 Å². The molecule has 0 aliphatic carbocycles. The van der Waals surface area contributed by atoms with E-state index in [0.717, 1.165) is 11.0 Å².